The lowest BCUT2D eigenvalue weighted by atomic mass is 9.86. The van der Waals surface area contributed by atoms with Crippen LogP contribution >= 0.6 is 11.6 Å². The van der Waals surface area contributed by atoms with E-state index in [-0.39, 0.29) is 11.7 Å². The molecule has 2 N–H and O–H groups in total. The van der Waals surface area contributed by atoms with Gasteiger partial charge < -0.3 is 15.6 Å². The molecule has 128 valence electrons. The molecule has 1 atom stereocenters. The van der Waals surface area contributed by atoms with Gasteiger partial charge in [0.25, 0.3) is 0 Å². The zero-order valence-electron chi connectivity index (χ0n) is 13.2. The third-order valence-corrected chi connectivity index (χ3v) is 4.87. The molecule has 1 aliphatic carbocycles. The topological polar surface area (TPSA) is 91.9 Å². The van der Waals surface area contributed by atoms with Gasteiger partial charge in [0.2, 0.25) is 0 Å². The van der Waals surface area contributed by atoms with Crippen molar-refractivity contribution in [1.82, 2.24) is 10.6 Å². The van der Waals surface area contributed by atoms with Crippen LogP contribution < -0.4 is 10.6 Å². The minimum absolute atomic E-state index is 0.00843. The number of nitro groups is 1. The van der Waals surface area contributed by atoms with Crippen LogP contribution in [0.1, 0.15) is 25.7 Å². The van der Waals surface area contributed by atoms with E-state index in [4.69, 9.17) is 16.6 Å². The molecule has 24 heavy (non-hydrogen) atoms. The number of rotatable bonds is 4. The first-order valence-electron chi connectivity index (χ1n) is 8.04. The number of halogens is 1. The monoisotopic (exact) mass is 349 g/mol. The van der Waals surface area contributed by atoms with Crippen LogP contribution in [0, 0.1) is 16.0 Å². The maximum Gasteiger partial charge on any atom is 0.308 e. The molecule has 0 spiro atoms. The summed E-state index contributed by atoms with van der Waals surface area (Å²) in [6.07, 6.45) is 8.82. The van der Waals surface area contributed by atoms with Gasteiger partial charge in [0.15, 0.2) is 0 Å². The Labute approximate surface area is 145 Å². The summed E-state index contributed by atoms with van der Waals surface area (Å²) in [5, 5.41) is 17.9. The summed E-state index contributed by atoms with van der Waals surface area (Å²) in [6.45, 7) is 4.33. The van der Waals surface area contributed by atoms with Gasteiger partial charge >= 0.3 is 5.70 Å². The smallest absolute Gasteiger partial charge is 0.308 e. The van der Waals surface area contributed by atoms with Crippen LogP contribution in [0.15, 0.2) is 44.9 Å². The van der Waals surface area contributed by atoms with Crippen molar-refractivity contribution in [2.75, 3.05) is 6.54 Å². The maximum atomic E-state index is 11.4. The Morgan fingerprint density at radius 3 is 2.75 bits per heavy atom. The van der Waals surface area contributed by atoms with Gasteiger partial charge in [-0.2, -0.15) is 0 Å². The summed E-state index contributed by atoms with van der Waals surface area (Å²) >= 11 is 6.04. The van der Waals surface area contributed by atoms with E-state index < -0.39 is 11.0 Å². The lowest BCUT2D eigenvalue weighted by Gasteiger charge is -2.31. The Morgan fingerprint density at radius 2 is 2.08 bits per heavy atom. The van der Waals surface area contributed by atoms with Gasteiger partial charge in [0.1, 0.15) is 16.9 Å². The van der Waals surface area contributed by atoms with Gasteiger partial charge in [0.05, 0.1) is 17.2 Å². The molecule has 1 unspecified atom stereocenters. The van der Waals surface area contributed by atoms with Crippen LogP contribution in [-0.4, -0.2) is 36.0 Å². The minimum atomic E-state index is -0.402. The van der Waals surface area contributed by atoms with Crippen molar-refractivity contribution >= 4 is 24.0 Å². The first kappa shape index (κ1) is 16.7. The molecule has 0 aromatic heterocycles. The summed E-state index contributed by atoms with van der Waals surface area (Å²) in [7, 11) is 0. The van der Waals surface area contributed by atoms with Crippen molar-refractivity contribution in [3.05, 3.63) is 45.0 Å². The first-order valence-corrected chi connectivity index (χ1v) is 8.42. The summed E-state index contributed by atoms with van der Waals surface area (Å²) in [5.41, 5.74) is 1.25. The third-order valence-electron chi connectivity index (χ3n) is 4.64. The molecule has 0 aromatic carbocycles. The zero-order chi connectivity index (χ0) is 17.1. The van der Waals surface area contributed by atoms with Crippen molar-refractivity contribution < 1.29 is 4.92 Å². The molecule has 0 radical (unpaired) electrons. The Balaban J connectivity index is 1.82. The highest BCUT2D eigenvalue weighted by molar-refractivity contribution is 6.29. The van der Waals surface area contributed by atoms with Gasteiger partial charge in [-0.25, -0.2) is 0 Å². The predicted octanol–water partition coefficient (Wildman–Crippen LogP) is 2.34. The summed E-state index contributed by atoms with van der Waals surface area (Å²) in [5.74, 6) is 0.554. The van der Waals surface area contributed by atoms with E-state index >= 15 is 0 Å². The van der Waals surface area contributed by atoms with Gasteiger partial charge in [0, 0.05) is 12.2 Å². The molecule has 7 nitrogen and oxygen atoms in total. The summed E-state index contributed by atoms with van der Waals surface area (Å²) in [6, 6.07) is -0.310. The van der Waals surface area contributed by atoms with E-state index in [9.17, 15) is 10.1 Å². The van der Waals surface area contributed by atoms with Crippen LogP contribution in [0.5, 0.6) is 0 Å². The first-order chi connectivity index (χ1) is 11.6. The van der Waals surface area contributed by atoms with Crippen LogP contribution in [-0.2, 0) is 0 Å². The highest BCUT2D eigenvalue weighted by Crippen LogP contribution is 2.28. The summed E-state index contributed by atoms with van der Waals surface area (Å²) < 4.78 is 0. The van der Waals surface area contributed by atoms with Crippen molar-refractivity contribution in [3.8, 4) is 0 Å². The molecule has 2 heterocycles. The maximum absolute atomic E-state index is 11.4. The fourth-order valence-corrected chi connectivity index (χ4v) is 3.54. The number of fused-ring (bicyclic) bond motifs is 1. The van der Waals surface area contributed by atoms with Crippen molar-refractivity contribution in [1.29, 1.82) is 0 Å². The van der Waals surface area contributed by atoms with E-state index in [1.807, 2.05) is 6.08 Å². The van der Waals surface area contributed by atoms with Crippen molar-refractivity contribution in [2.45, 2.75) is 37.8 Å². The summed E-state index contributed by atoms with van der Waals surface area (Å²) in [4.78, 5) is 19.7. The second-order valence-corrected chi connectivity index (χ2v) is 6.65. The number of hydrogen-bond acceptors (Lipinski definition) is 6. The largest absolute Gasteiger partial charge is 0.362 e. The molecule has 3 rings (SSSR count). The molecule has 1 saturated carbocycles. The molecule has 0 saturated heterocycles. The number of nitrogens with one attached hydrogen (secondary N) is 2. The Morgan fingerprint density at radius 1 is 1.33 bits per heavy atom. The van der Waals surface area contributed by atoms with Crippen LogP contribution in [0.25, 0.3) is 0 Å². The highest BCUT2D eigenvalue weighted by Gasteiger charge is 2.36. The molecule has 2 aliphatic heterocycles. The quantitative estimate of drug-likeness (QED) is 0.352. The van der Waals surface area contributed by atoms with Gasteiger partial charge in [-0.05, 0) is 50.5 Å². The van der Waals surface area contributed by atoms with E-state index in [2.05, 4.69) is 22.3 Å². The fraction of sp³-hybridized carbons (Fsp3) is 0.500. The number of allylic oxidation sites excluding steroid dienone is 2. The molecule has 0 amide bonds. The average molecular weight is 350 g/mol. The molecular weight excluding hydrogens is 330 g/mol. The number of aliphatic imine (C=N–C) groups is 2. The van der Waals surface area contributed by atoms with Crippen molar-refractivity contribution in [3.63, 3.8) is 0 Å². The Bertz CT molecular complexity index is 659. The van der Waals surface area contributed by atoms with Gasteiger partial charge in [-0.15, -0.1) is 0 Å². The minimum Gasteiger partial charge on any atom is -0.362 e. The predicted molar refractivity (Wildman–Crippen MR) is 94.8 cm³/mol. The van der Waals surface area contributed by atoms with E-state index in [0.717, 1.165) is 37.9 Å². The Hall–Kier alpha value is -2.15. The lowest BCUT2D eigenvalue weighted by Crippen LogP contribution is -2.47. The second-order valence-electron chi connectivity index (χ2n) is 6.24. The highest BCUT2D eigenvalue weighted by atomic mass is 35.5. The Kier molecular flexibility index (Phi) is 4.99. The third kappa shape index (κ3) is 3.51. The fourth-order valence-electron chi connectivity index (χ4n) is 3.37. The SMILES string of the molecule is C=NCC1CCC(N=C2C([N+](=O)[O-])=CNC3=CC=C(Cl)NC32)CC1. The second kappa shape index (κ2) is 7.17. The normalized spacial score (nSPS) is 31.0. The van der Waals surface area contributed by atoms with Crippen molar-refractivity contribution in [2.24, 2.45) is 15.9 Å². The van der Waals surface area contributed by atoms with Crippen LogP contribution in [0.4, 0.5) is 0 Å². The zero-order valence-corrected chi connectivity index (χ0v) is 14.0. The average Bonchev–Trinajstić information content (AvgIpc) is 2.57. The lowest BCUT2D eigenvalue weighted by molar-refractivity contribution is -0.416. The molecular formula is C16H20ClN5O2. The van der Waals surface area contributed by atoms with E-state index in [0.29, 0.717) is 16.8 Å². The molecule has 1 fully saturated rings. The van der Waals surface area contributed by atoms with E-state index in [1.165, 1.54) is 6.20 Å². The molecule has 0 bridgehead atoms. The number of nitrogens with zero attached hydrogens (tertiary/aromatic N) is 3. The molecule has 8 heteroatoms. The standard InChI is InChI=1S/C16H20ClN5O2/c1-18-8-10-2-4-11(5-3-10)20-16-13(22(23)24)9-19-12-6-7-14(17)21-15(12)16/h6-7,9-11,15,19,21H,1-5,8H2. The number of hydrogen-bond donors (Lipinski definition) is 2. The molecule has 0 aromatic rings. The van der Waals surface area contributed by atoms with Gasteiger partial charge in [-0.1, -0.05) is 11.6 Å². The van der Waals surface area contributed by atoms with Crippen LogP contribution in [0.3, 0.4) is 0 Å². The number of dihydropyridines is 1. The van der Waals surface area contributed by atoms with Gasteiger partial charge in [-0.3, -0.25) is 15.1 Å². The molecule has 3 aliphatic rings. The van der Waals surface area contributed by atoms with E-state index in [1.54, 1.807) is 6.08 Å². The van der Waals surface area contributed by atoms with Crippen LogP contribution in [0.2, 0.25) is 0 Å².